The van der Waals surface area contributed by atoms with E-state index in [1.165, 1.54) is 11.8 Å². The molecule has 2 aliphatic heterocycles. The molecule has 0 bridgehead atoms. The highest BCUT2D eigenvalue weighted by Gasteiger charge is 2.37. The third-order valence-corrected chi connectivity index (χ3v) is 4.55. The van der Waals surface area contributed by atoms with Gasteiger partial charge in [-0.25, -0.2) is 9.59 Å². The van der Waals surface area contributed by atoms with E-state index in [4.69, 9.17) is 0 Å². The molecule has 2 aliphatic rings. The average molecular weight is 301 g/mol. The van der Waals surface area contributed by atoms with Gasteiger partial charge in [0.15, 0.2) is 0 Å². The molecule has 3 amide bonds. The third-order valence-electron chi connectivity index (χ3n) is 3.53. The molecular formula is C12H19N3O4S. The maximum Gasteiger partial charge on any atom is 0.327 e. The van der Waals surface area contributed by atoms with E-state index in [1.807, 2.05) is 0 Å². The average Bonchev–Trinajstić information content (AvgIpc) is 2.85. The Labute approximate surface area is 121 Å². The van der Waals surface area contributed by atoms with Crippen molar-refractivity contribution in [2.75, 3.05) is 31.1 Å². The molecule has 0 aromatic heterocycles. The van der Waals surface area contributed by atoms with Crippen molar-refractivity contribution in [3.63, 3.8) is 0 Å². The van der Waals surface area contributed by atoms with Gasteiger partial charge in [-0.3, -0.25) is 4.79 Å². The van der Waals surface area contributed by atoms with Crippen LogP contribution in [0.5, 0.6) is 0 Å². The Bertz CT molecular complexity index is 418. The van der Waals surface area contributed by atoms with Gasteiger partial charge in [0.2, 0.25) is 5.91 Å². The lowest BCUT2D eigenvalue weighted by Crippen LogP contribution is -2.54. The molecular weight excluding hydrogens is 282 g/mol. The summed E-state index contributed by atoms with van der Waals surface area (Å²) in [5, 5.41) is 12.0. The van der Waals surface area contributed by atoms with Crippen molar-refractivity contribution < 1.29 is 19.5 Å². The molecule has 2 unspecified atom stereocenters. The van der Waals surface area contributed by atoms with Gasteiger partial charge in [-0.1, -0.05) is 0 Å². The Balaban J connectivity index is 1.96. The Morgan fingerprint density at radius 3 is 2.70 bits per heavy atom. The number of carbonyl (C=O) groups is 3. The Morgan fingerprint density at radius 1 is 1.30 bits per heavy atom. The van der Waals surface area contributed by atoms with E-state index in [0.717, 1.165) is 5.75 Å². The van der Waals surface area contributed by atoms with Gasteiger partial charge in [0.05, 0.1) is 0 Å². The molecule has 20 heavy (non-hydrogen) atoms. The van der Waals surface area contributed by atoms with Gasteiger partial charge in [-0.15, -0.1) is 0 Å². The maximum atomic E-state index is 12.4. The lowest BCUT2D eigenvalue weighted by molar-refractivity contribution is -0.141. The van der Waals surface area contributed by atoms with Crippen LogP contribution >= 0.6 is 11.8 Å². The van der Waals surface area contributed by atoms with E-state index in [0.29, 0.717) is 31.8 Å². The van der Waals surface area contributed by atoms with E-state index >= 15 is 0 Å². The maximum absolute atomic E-state index is 12.4. The number of hydrogen-bond donors (Lipinski definition) is 2. The number of carboxylic acids is 1. The van der Waals surface area contributed by atoms with Crippen molar-refractivity contribution in [3.05, 3.63) is 0 Å². The fourth-order valence-electron chi connectivity index (χ4n) is 2.56. The summed E-state index contributed by atoms with van der Waals surface area (Å²) >= 11 is 1.55. The molecule has 2 N–H and O–H groups in total. The zero-order chi connectivity index (χ0) is 14.7. The van der Waals surface area contributed by atoms with Crippen LogP contribution in [0, 0.1) is 0 Å². The van der Waals surface area contributed by atoms with Crippen molar-refractivity contribution in [1.29, 1.82) is 0 Å². The van der Waals surface area contributed by atoms with Crippen LogP contribution in [0.3, 0.4) is 0 Å². The molecule has 8 heteroatoms. The number of urea groups is 1. The molecule has 0 aromatic rings. The van der Waals surface area contributed by atoms with Gasteiger partial charge in [-0.05, 0) is 6.42 Å². The molecule has 2 heterocycles. The lowest BCUT2D eigenvalue weighted by Gasteiger charge is -2.35. The largest absolute Gasteiger partial charge is 0.480 e. The minimum Gasteiger partial charge on any atom is -0.480 e. The normalized spacial score (nSPS) is 26.4. The second kappa shape index (κ2) is 6.34. The first kappa shape index (κ1) is 15.0. The molecule has 7 nitrogen and oxygen atoms in total. The van der Waals surface area contributed by atoms with Crippen molar-refractivity contribution in [3.8, 4) is 0 Å². The predicted molar refractivity (Wildman–Crippen MR) is 74.6 cm³/mol. The van der Waals surface area contributed by atoms with Crippen LogP contribution in [0.2, 0.25) is 0 Å². The minimum absolute atomic E-state index is 0.0288. The van der Waals surface area contributed by atoms with Crippen molar-refractivity contribution in [1.82, 2.24) is 15.1 Å². The summed E-state index contributed by atoms with van der Waals surface area (Å²) in [7, 11) is 0. The third kappa shape index (κ3) is 3.36. The quantitative estimate of drug-likeness (QED) is 0.738. The van der Waals surface area contributed by atoms with E-state index in [1.54, 1.807) is 16.7 Å². The van der Waals surface area contributed by atoms with Crippen molar-refractivity contribution in [2.24, 2.45) is 0 Å². The fourth-order valence-corrected chi connectivity index (χ4v) is 3.60. The van der Waals surface area contributed by atoms with E-state index in [-0.39, 0.29) is 18.0 Å². The van der Waals surface area contributed by atoms with Crippen LogP contribution in [-0.2, 0) is 9.59 Å². The standard InChI is InChI=1S/C12H19N3O4S/c1-8(16)13-9-2-3-14(6-9)12(19)15-4-5-20-7-10(15)11(17)18/h9-10H,2-7H2,1H3,(H,13,16)(H,17,18). The Morgan fingerprint density at radius 2 is 2.05 bits per heavy atom. The monoisotopic (exact) mass is 301 g/mol. The fraction of sp³-hybridized carbons (Fsp3) is 0.750. The van der Waals surface area contributed by atoms with Crippen LogP contribution in [-0.4, -0.2) is 76.0 Å². The number of carboxylic acid groups (broad SMARTS) is 1. The van der Waals surface area contributed by atoms with Gasteiger partial charge in [0.1, 0.15) is 6.04 Å². The second-order valence-electron chi connectivity index (χ2n) is 5.04. The van der Waals surface area contributed by atoms with Gasteiger partial charge in [0, 0.05) is 44.1 Å². The first-order chi connectivity index (χ1) is 9.49. The van der Waals surface area contributed by atoms with Crippen LogP contribution in [0.1, 0.15) is 13.3 Å². The Hall–Kier alpha value is -1.44. The number of carbonyl (C=O) groups excluding carboxylic acids is 2. The number of amides is 3. The number of rotatable bonds is 2. The highest BCUT2D eigenvalue weighted by molar-refractivity contribution is 7.99. The molecule has 112 valence electrons. The number of hydrogen-bond acceptors (Lipinski definition) is 4. The zero-order valence-corrected chi connectivity index (χ0v) is 12.2. The highest BCUT2D eigenvalue weighted by Crippen LogP contribution is 2.20. The number of nitrogens with one attached hydrogen (secondary N) is 1. The number of aliphatic carboxylic acids is 1. The van der Waals surface area contributed by atoms with Gasteiger partial charge >= 0.3 is 12.0 Å². The predicted octanol–water partition coefficient (Wildman–Crippen LogP) is -0.181. The number of nitrogens with zero attached hydrogens (tertiary/aromatic N) is 2. The molecule has 2 saturated heterocycles. The summed E-state index contributed by atoms with van der Waals surface area (Å²) < 4.78 is 0. The highest BCUT2D eigenvalue weighted by atomic mass is 32.2. The van der Waals surface area contributed by atoms with Crippen LogP contribution in [0.15, 0.2) is 0 Å². The summed E-state index contributed by atoms with van der Waals surface area (Å²) in [4.78, 5) is 37.7. The first-order valence-corrected chi connectivity index (χ1v) is 7.77. The zero-order valence-electron chi connectivity index (χ0n) is 11.4. The SMILES string of the molecule is CC(=O)NC1CCN(C(=O)N2CCSCC2C(=O)O)C1. The molecule has 2 rings (SSSR count). The summed E-state index contributed by atoms with van der Waals surface area (Å²) in [5.74, 6) is 0.132. The topological polar surface area (TPSA) is 90.0 Å². The van der Waals surface area contributed by atoms with Crippen LogP contribution in [0.25, 0.3) is 0 Å². The summed E-state index contributed by atoms with van der Waals surface area (Å²) in [5.41, 5.74) is 0. The molecule has 2 atom stereocenters. The smallest absolute Gasteiger partial charge is 0.327 e. The number of thioether (sulfide) groups is 1. The lowest BCUT2D eigenvalue weighted by atomic mass is 10.2. The second-order valence-corrected chi connectivity index (χ2v) is 6.19. The van der Waals surface area contributed by atoms with Crippen LogP contribution < -0.4 is 5.32 Å². The molecule has 0 saturated carbocycles. The van der Waals surface area contributed by atoms with Gasteiger partial charge in [-0.2, -0.15) is 11.8 Å². The molecule has 0 spiro atoms. The first-order valence-electron chi connectivity index (χ1n) is 6.62. The van der Waals surface area contributed by atoms with E-state index < -0.39 is 12.0 Å². The summed E-state index contributed by atoms with van der Waals surface area (Å²) in [6.07, 6.45) is 0.714. The van der Waals surface area contributed by atoms with Gasteiger partial charge < -0.3 is 20.2 Å². The molecule has 2 fully saturated rings. The summed E-state index contributed by atoms with van der Waals surface area (Å²) in [6, 6.07) is -1.01. The van der Waals surface area contributed by atoms with E-state index in [2.05, 4.69) is 5.32 Å². The van der Waals surface area contributed by atoms with E-state index in [9.17, 15) is 19.5 Å². The van der Waals surface area contributed by atoms with Crippen molar-refractivity contribution in [2.45, 2.75) is 25.4 Å². The van der Waals surface area contributed by atoms with Crippen molar-refractivity contribution >= 4 is 29.7 Å². The summed E-state index contributed by atoms with van der Waals surface area (Å²) in [6.45, 7) is 2.92. The molecule has 0 radical (unpaired) electrons. The minimum atomic E-state index is -0.955. The molecule has 0 aliphatic carbocycles. The van der Waals surface area contributed by atoms with Gasteiger partial charge in [0.25, 0.3) is 0 Å². The van der Waals surface area contributed by atoms with Crippen LogP contribution in [0.4, 0.5) is 4.79 Å². The Kier molecular flexibility index (Phi) is 4.74. The molecule has 0 aromatic carbocycles. The number of likely N-dealkylation sites (tertiary alicyclic amines) is 1.